The van der Waals surface area contributed by atoms with Crippen LogP contribution in [0.3, 0.4) is 0 Å². The van der Waals surface area contributed by atoms with Gasteiger partial charge in [-0.05, 0) is 24.1 Å². The molecule has 0 spiro atoms. The Morgan fingerprint density at radius 2 is 2.11 bits per heavy atom. The van der Waals surface area contributed by atoms with Crippen molar-refractivity contribution in [2.75, 3.05) is 5.73 Å². The number of aliphatic carboxylic acids is 1. The first-order valence-electron chi connectivity index (χ1n) is 5.95. The maximum absolute atomic E-state index is 13.5. The largest absolute Gasteiger partial charge is 0.480 e. The fourth-order valence-corrected chi connectivity index (χ4v) is 1.62. The lowest BCUT2D eigenvalue weighted by molar-refractivity contribution is -0.140. The third-order valence-electron chi connectivity index (χ3n) is 3.00. The van der Waals surface area contributed by atoms with Gasteiger partial charge in [-0.25, -0.2) is 9.18 Å². The van der Waals surface area contributed by atoms with Crippen molar-refractivity contribution in [3.05, 3.63) is 29.6 Å². The molecule has 0 bridgehead atoms. The molecule has 19 heavy (non-hydrogen) atoms. The van der Waals surface area contributed by atoms with Gasteiger partial charge in [-0.1, -0.05) is 20.3 Å². The molecular weight excluding hydrogens is 251 g/mol. The first kappa shape index (κ1) is 14.9. The highest BCUT2D eigenvalue weighted by Crippen LogP contribution is 2.14. The molecule has 0 saturated carbocycles. The van der Waals surface area contributed by atoms with Gasteiger partial charge in [-0.15, -0.1) is 0 Å². The minimum atomic E-state index is -1.14. The molecule has 1 aromatic rings. The van der Waals surface area contributed by atoms with Crippen LogP contribution in [0.2, 0.25) is 0 Å². The van der Waals surface area contributed by atoms with Crippen LogP contribution in [0.5, 0.6) is 0 Å². The van der Waals surface area contributed by atoms with E-state index in [-0.39, 0.29) is 17.2 Å². The van der Waals surface area contributed by atoms with Crippen LogP contribution in [0.4, 0.5) is 10.1 Å². The van der Waals surface area contributed by atoms with Crippen molar-refractivity contribution < 1.29 is 19.1 Å². The van der Waals surface area contributed by atoms with Crippen molar-refractivity contribution in [3.8, 4) is 0 Å². The topological polar surface area (TPSA) is 92.4 Å². The minimum Gasteiger partial charge on any atom is -0.480 e. The number of nitrogen functional groups attached to an aromatic ring is 1. The highest BCUT2D eigenvalue weighted by molar-refractivity contribution is 5.97. The van der Waals surface area contributed by atoms with E-state index >= 15 is 0 Å². The van der Waals surface area contributed by atoms with Crippen LogP contribution in [-0.2, 0) is 4.79 Å². The van der Waals surface area contributed by atoms with Crippen molar-refractivity contribution in [1.82, 2.24) is 5.32 Å². The average Bonchev–Trinajstić information content (AvgIpc) is 2.34. The minimum absolute atomic E-state index is 0.200. The Labute approximate surface area is 110 Å². The van der Waals surface area contributed by atoms with Gasteiger partial charge in [0.25, 0.3) is 5.91 Å². The van der Waals surface area contributed by atoms with Crippen LogP contribution in [0.1, 0.15) is 30.6 Å². The second-order valence-corrected chi connectivity index (χ2v) is 4.41. The van der Waals surface area contributed by atoms with Crippen molar-refractivity contribution in [1.29, 1.82) is 0 Å². The number of carbonyl (C=O) groups excluding carboxylic acids is 1. The van der Waals surface area contributed by atoms with Crippen LogP contribution in [0, 0.1) is 11.7 Å². The molecule has 0 unspecified atom stereocenters. The second kappa shape index (κ2) is 6.17. The predicted molar refractivity (Wildman–Crippen MR) is 69.2 cm³/mol. The van der Waals surface area contributed by atoms with Crippen LogP contribution in [-0.4, -0.2) is 23.0 Å². The fraction of sp³-hybridized carbons (Fsp3) is 0.385. The van der Waals surface area contributed by atoms with E-state index in [1.807, 2.05) is 6.92 Å². The summed E-state index contributed by atoms with van der Waals surface area (Å²) in [6.07, 6.45) is 0.585. The Hall–Kier alpha value is -2.11. The standard InChI is InChI=1S/C13H17FN2O3/c1-3-7(2)11(13(18)19)16-12(17)9-5-4-8(15)6-10(9)14/h4-7,11H,3,15H2,1-2H3,(H,16,17)(H,18,19)/t7-,11-/m0/s1. The van der Waals surface area contributed by atoms with Gasteiger partial charge in [-0.3, -0.25) is 4.79 Å². The van der Waals surface area contributed by atoms with Crippen molar-refractivity contribution in [2.24, 2.45) is 5.92 Å². The van der Waals surface area contributed by atoms with Crippen LogP contribution in [0.15, 0.2) is 18.2 Å². The monoisotopic (exact) mass is 268 g/mol. The number of hydrogen-bond donors (Lipinski definition) is 3. The first-order chi connectivity index (χ1) is 8.86. The summed E-state index contributed by atoms with van der Waals surface area (Å²) in [6.45, 7) is 3.52. The number of hydrogen-bond acceptors (Lipinski definition) is 3. The third-order valence-corrected chi connectivity index (χ3v) is 3.00. The van der Waals surface area contributed by atoms with Crippen LogP contribution >= 0.6 is 0 Å². The van der Waals surface area contributed by atoms with Crippen molar-refractivity contribution in [2.45, 2.75) is 26.3 Å². The first-order valence-corrected chi connectivity index (χ1v) is 5.95. The summed E-state index contributed by atoms with van der Waals surface area (Å²) >= 11 is 0. The van der Waals surface area contributed by atoms with E-state index < -0.39 is 23.7 Å². The number of halogens is 1. The van der Waals surface area contributed by atoms with Gasteiger partial charge in [0.1, 0.15) is 11.9 Å². The van der Waals surface area contributed by atoms with Gasteiger partial charge in [0, 0.05) is 5.69 Å². The molecule has 5 nitrogen and oxygen atoms in total. The lowest BCUT2D eigenvalue weighted by Gasteiger charge is -2.20. The number of benzene rings is 1. The normalized spacial score (nSPS) is 13.6. The Balaban J connectivity index is 2.91. The molecule has 1 aromatic carbocycles. The lowest BCUT2D eigenvalue weighted by atomic mass is 9.99. The molecule has 0 fully saturated rings. The molecule has 0 aliphatic heterocycles. The zero-order valence-electron chi connectivity index (χ0n) is 10.8. The van der Waals surface area contributed by atoms with E-state index in [0.717, 1.165) is 6.07 Å². The molecule has 0 aromatic heterocycles. The number of rotatable bonds is 5. The molecule has 0 saturated heterocycles. The second-order valence-electron chi connectivity index (χ2n) is 4.41. The van der Waals surface area contributed by atoms with Gasteiger partial charge in [0.05, 0.1) is 5.56 Å². The van der Waals surface area contributed by atoms with E-state index in [0.29, 0.717) is 6.42 Å². The highest BCUT2D eigenvalue weighted by Gasteiger charge is 2.26. The van der Waals surface area contributed by atoms with E-state index in [1.165, 1.54) is 12.1 Å². The Kier molecular flexibility index (Phi) is 4.86. The molecular formula is C13H17FN2O3. The smallest absolute Gasteiger partial charge is 0.326 e. The van der Waals surface area contributed by atoms with Crippen LogP contribution in [0.25, 0.3) is 0 Å². The van der Waals surface area contributed by atoms with E-state index in [4.69, 9.17) is 10.8 Å². The average molecular weight is 268 g/mol. The number of nitrogens with two attached hydrogens (primary N) is 1. The Bertz CT molecular complexity index is 491. The molecule has 0 radical (unpaired) electrons. The van der Waals surface area contributed by atoms with Gasteiger partial charge in [0.2, 0.25) is 0 Å². The Morgan fingerprint density at radius 1 is 1.47 bits per heavy atom. The van der Waals surface area contributed by atoms with Gasteiger partial charge in [-0.2, -0.15) is 0 Å². The molecule has 1 amide bonds. The van der Waals surface area contributed by atoms with Crippen molar-refractivity contribution >= 4 is 17.6 Å². The van der Waals surface area contributed by atoms with Crippen LogP contribution < -0.4 is 11.1 Å². The number of nitrogens with one attached hydrogen (secondary N) is 1. The quantitative estimate of drug-likeness (QED) is 0.708. The summed E-state index contributed by atoms with van der Waals surface area (Å²) < 4.78 is 13.5. The number of carboxylic acids is 1. The lowest BCUT2D eigenvalue weighted by Crippen LogP contribution is -2.45. The summed E-state index contributed by atoms with van der Waals surface area (Å²) in [6, 6.07) is 2.59. The molecule has 1 rings (SSSR count). The zero-order chi connectivity index (χ0) is 14.6. The fourth-order valence-electron chi connectivity index (χ4n) is 1.62. The molecule has 0 aliphatic carbocycles. The summed E-state index contributed by atoms with van der Waals surface area (Å²) in [5, 5.41) is 11.4. The Morgan fingerprint density at radius 3 is 2.58 bits per heavy atom. The predicted octanol–water partition coefficient (Wildman–Crippen LogP) is 1.64. The molecule has 4 N–H and O–H groups in total. The van der Waals surface area contributed by atoms with Gasteiger partial charge >= 0.3 is 5.97 Å². The highest BCUT2D eigenvalue weighted by atomic mass is 19.1. The maximum Gasteiger partial charge on any atom is 0.326 e. The maximum atomic E-state index is 13.5. The number of carboxylic acid groups (broad SMARTS) is 1. The van der Waals surface area contributed by atoms with E-state index in [9.17, 15) is 14.0 Å². The van der Waals surface area contributed by atoms with Crippen molar-refractivity contribution in [3.63, 3.8) is 0 Å². The van der Waals surface area contributed by atoms with E-state index in [2.05, 4.69) is 5.32 Å². The molecule has 2 atom stereocenters. The molecule has 0 aliphatic rings. The summed E-state index contributed by atoms with van der Waals surface area (Å²) in [5.74, 6) is -2.92. The summed E-state index contributed by atoms with van der Waals surface area (Å²) in [7, 11) is 0. The van der Waals surface area contributed by atoms with Gasteiger partial charge in [0.15, 0.2) is 0 Å². The summed E-state index contributed by atoms with van der Waals surface area (Å²) in [4.78, 5) is 22.9. The van der Waals surface area contributed by atoms with E-state index in [1.54, 1.807) is 6.92 Å². The SMILES string of the molecule is CC[C@H](C)[C@H](NC(=O)c1ccc(N)cc1F)C(=O)O. The number of anilines is 1. The number of amides is 1. The zero-order valence-corrected chi connectivity index (χ0v) is 10.8. The molecule has 0 heterocycles. The summed E-state index contributed by atoms with van der Waals surface area (Å²) in [5.41, 5.74) is 5.36. The van der Waals surface area contributed by atoms with Gasteiger partial charge < -0.3 is 16.2 Å². The molecule has 104 valence electrons. The number of carbonyl (C=O) groups is 2. The third kappa shape index (κ3) is 3.67. The molecule has 6 heteroatoms.